The zero-order valence-corrected chi connectivity index (χ0v) is 8.54. The van der Waals surface area contributed by atoms with E-state index in [1.807, 2.05) is 12.3 Å². The van der Waals surface area contributed by atoms with E-state index in [2.05, 4.69) is 17.9 Å². The smallest absolute Gasteiger partial charge is 0.261 e. The topological polar surface area (TPSA) is 29.1 Å². The molecule has 0 aliphatic rings. The van der Waals surface area contributed by atoms with Gasteiger partial charge in [0.1, 0.15) is 0 Å². The molecule has 0 atom stereocenters. The number of carbonyl (C=O) groups excluding carboxylic acids is 1. The van der Waals surface area contributed by atoms with Crippen LogP contribution in [-0.4, -0.2) is 12.5 Å². The Morgan fingerprint density at radius 2 is 2.50 bits per heavy atom. The lowest BCUT2D eigenvalue weighted by Crippen LogP contribution is -2.22. The van der Waals surface area contributed by atoms with Crippen LogP contribution < -0.4 is 5.32 Å². The van der Waals surface area contributed by atoms with Crippen molar-refractivity contribution >= 4 is 29.9 Å². The normalized spacial score (nSPS) is 9.83. The fourth-order valence-corrected chi connectivity index (χ4v) is 1.84. The third kappa shape index (κ3) is 2.53. The molecule has 0 radical (unpaired) electrons. The number of carbonyl (C=O) groups is 1. The minimum absolute atomic E-state index is 0.00199. The number of rotatable bonds is 3. The van der Waals surface area contributed by atoms with Gasteiger partial charge in [0, 0.05) is 16.8 Å². The van der Waals surface area contributed by atoms with Crippen molar-refractivity contribution in [1.29, 1.82) is 0 Å². The van der Waals surface area contributed by atoms with E-state index in [9.17, 15) is 4.79 Å². The Balaban J connectivity index is 2.53. The minimum atomic E-state index is 0.00199. The van der Waals surface area contributed by atoms with E-state index in [0.29, 0.717) is 0 Å². The lowest BCUT2D eigenvalue weighted by atomic mass is 10.4. The Morgan fingerprint density at radius 3 is 3.00 bits per heavy atom. The largest absolute Gasteiger partial charge is 0.351 e. The summed E-state index contributed by atoms with van der Waals surface area (Å²) in [5.41, 5.74) is 0. The van der Waals surface area contributed by atoms with Crippen LogP contribution in [0, 0.1) is 0 Å². The van der Waals surface area contributed by atoms with Crippen molar-refractivity contribution in [3.05, 3.63) is 16.3 Å². The lowest BCUT2D eigenvalue weighted by molar-refractivity contribution is 0.0957. The second-order valence-electron chi connectivity index (χ2n) is 2.43. The average molecular weight is 201 g/mol. The van der Waals surface area contributed by atoms with Crippen LogP contribution in [0.2, 0.25) is 0 Å². The molecule has 0 aromatic carbocycles. The van der Waals surface area contributed by atoms with Gasteiger partial charge in [-0.3, -0.25) is 4.79 Å². The van der Waals surface area contributed by atoms with E-state index < -0.39 is 0 Å². The standard InChI is InChI=1S/C8H11NOS2/c1-2-3-9-8(10)7-4-6(11)5-12-7/h4-5,11H,2-3H2,1H3,(H,9,10). The van der Waals surface area contributed by atoms with Crippen molar-refractivity contribution in [1.82, 2.24) is 5.32 Å². The summed E-state index contributed by atoms with van der Waals surface area (Å²) in [5, 5.41) is 4.65. The molecule has 1 amide bonds. The number of thiophene rings is 1. The highest BCUT2D eigenvalue weighted by molar-refractivity contribution is 7.80. The van der Waals surface area contributed by atoms with Crippen LogP contribution in [0.15, 0.2) is 16.3 Å². The van der Waals surface area contributed by atoms with E-state index in [1.54, 1.807) is 6.07 Å². The molecular weight excluding hydrogens is 190 g/mol. The Kier molecular flexibility index (Phi) is 3.62. The van der Waals surface area contributed by atoms with Crippen molar-refractivity contribution in [3.8, 4) is 0 Å². The number of amides is 1. The first-order chi connectivity index (χ1) is 5.74. The van der Waals surface area contributed by atoms with E-state index in [1.165, 1.54) is 11.3 Å². The van der Waals surface area contributed by atoms with Gasteiger partial charge in [-0.25, -0.2) is 0 Å². The molecule has 0 aliphatic carbocycles. The molecule has 1 aromatic rings. The molecule has 1 aromatic heterocycles. The summed E-state index contributed by atoms with van der Waals surface area (Å²) in [5.74, 6) is 0.00199. The molecule has 1 rings (SSSR count). The molecule has 66 valence electrons. The molecule has 0 saturated carbocycles. The second-order valence-corrected chi connectivity index (χ2v) is 3.85. The average Bonchev–Trinajstić information content (AvgIpc) is 2.47. The predicted molar refractivity (Wildman–Crippen MR) is 54.2 cm³/mol. The highest BCUT2D eigenvalue weighted by Crippen LogP contribution is 2.17. The highest BCUT2D eigenvalue weighted by atomic mass is 32.1. The van der Waals surface area contributed by atoms with Gasteiger partial charge in [0.2, 0.25) is 0 Å². The summed E-state index contributed by atoms with van der Waals surface area (Å²) in [6.45, 7) is 2.76. The third-order valence-electron chi connectivity index (χ3n) is 1.34. The summed E-state index contributed by atoms with van der Waals surface area (Å²) in [6, 6.07) is 1.78. The van der Waals surface area contributed by atoms with Crippen molar-refractivity contribution in [3.63, 3.8) is 0 Å². The molecule has 1 N–H and O–H groups in total. The summed E-state index contributed by atoms with van der Waals surface area (Å²) >= 11 is 5.54. The third-order valence-corrected chi connectivity index (χ3v) is 2.71. The second kappa shape index (κ2) is 4.52. The summed E-state index contributed by atoms with van der Waals surface area (Å²) < 4.78 is 0. The van der Waals surface area contributed by atoms with Gasteiger partial charge < -0.3 is 5.32 Å². The molecule has 4 heteroatoms. The lowest BCUT2D eigenvalue weighted by Gasteiger charge is -1.98. The van der Waals surface area contributed by atoms with Crippen LogP contribution >= 0.6 is 24.0 Å². The predicted octanol–water partition coefficient (Wildman–Crippen LogP) is 2.18. The van der Waals surface area contributed by atoms with E-state index >= 15 is 0 Å². The quantitative estimate of drug-likeness (QED) is 0.721. The molecule has 0 spiro atoms. The molecule has 1 heterocycles. The summed E-state index contributed by atoms with van der Waals surface area (Å²) in [7, 11) is 0. The highest BCUT2D eigenvalue weighted by Gasteiger charge is 2.05. The number of nitrogens with one attached hydrogen (secondary N) is 1. The fourth-order valence-electron chi connectivity index (χ4n) is 0.771. The zero-order chi connectivity index (χ0) is 8.97. The first kappa shape index (κ1) is 9.61. The van der Waals surface area contributed by atoms with Crippen LogP contribution in [0.3, 0.4) is 0 Å². The van der Waals surface area contributed by atoms with Gasteiger partial charge in [0.05, 0.1) is 4.88 Å². The molecule has 0 bridgehead atoms. The van der Waals surface area contributed by atoms with Crippen LogP contribution in [0.25, 0.3) is 0 Å². The molecule has 2 nitrogen and oxygen atoms in total. The number of hydrogen-bond acceptors (Lipinski definition) is 3. The van der Waals surface area contributed by atoms with Crippen molar-refractivity contribution in [2.75, 3.05) is 6.54 Å². The summed E-state index contributed by atoms with van der Waals surface area (Å²) in [6.07, 6.45) is 0.963. The van der Waals surface area contributed by atoms with Crippen LogP contribution in [0.1, 0.15) is 23.0 Å². The van der Waals surface area contributed by atoms with Gasteiger partial charge in [0.15, 0.2) is 0 Å². The van der Waals surface area contributed by atoms with Crippen molar-refractivity contribution in [2.45, 2.75) is 18.2 Å². The van der Waals surface area contributed by atoms with E-state index in [-0.39, 0.29) is 5.91 Å². The maximum atomic E-state index is 11.3. The maximum absolute atomic E-state index is 11.3. The molecule has 0 unspecified atom stereocenters. The molecular formula is C8H11NOS2. The van der Waals surface area contributed by atoms with Crippen molar-refractivity contribution < 1.29 is 4.79 Å². The number of hydrogen-bond donors (Lipinski definition) is 2. The van der Waals surface area contributed by atoms with Gasteiger partial charge in [0.25, 0.3) is 5.91 Å². The van der Waals surface area contributed by atoms with Gasteiger partial charge in [-0.1, -0.05) is 6.92 Å². The molecule has 0 fully saturated rings. The SMILES string of the molecule is CCCNC(=O)c1cc(S)cs1. The van der Waals surface area contributed by atoms with Gasteiger partial charge >= 0.3 is 0 Å². The Bertz CT molecular complexity index is 270. The summed E-state index contributed by atoms with van der Waals surface area (Å²) in [4.78, 5) is 12.9. The van der Waals surface area contributed by atoms with E-state index in [4.69, 9.17) is 0 Å². The Morgan fingerprint density at radius 1 is 1.75 bits per heavy atom. The van der Waals surface area contributed by atoms with Crippen LogP contribution in [0.5, 0.6) is 0 Å². The first-order valence-electron chi connectivity index (χ1n) is 3.79. The molecule has 12 heavy (non-hydrogen) atoms. The molecule has 0 aliphatic heterocycles. The van der Waals surface area contributed by atoms with Crippen molar-refractivity contribution in [2.24, 2.45) is 0 Å². The molecule has 0 saturated heterocycles. The van der Waals surface area contributed by atoms with Crippen LogP contribution in [-0.2, 0) is 0 Å². The monoisotopic (exact) mass is 201 g/mol. The van der Waals surface area contributed by atoms with E-state index in [0.717, 1.165) is 22.7 Å². The number of thiol groups is 1. The zero-order valence-electron chi connectivity index (χ0n) is 6.83. The van der Waals surface area contributed by atoms with Gasteiger partial charge in [-0.05, 0) is 12.5 Å². The van der Waals surface area contributed by atoms with Gasteiger partial charge in [-0.15, -0.1) is 24.0 Å². The Labute approximate surface area is 81.4 Å². The first-order valence-corrected chi connectivity index (χ1v) is 5.12. The Hall–Kier alpha value is -0.480. The minimum Gasteiger partial charge on any atom is -0.351 e. The van der Waals surface area contributed by atoms with Crippen LogP contribution in [0.4, 0.5) is 0 Å². The fraction of sp³-hybridized carbons (Fsp3) is 0.375. The maximum Gasteiger partial charge on any atom is 0.261 e. The van der Waals surface area contributed by atoms with Gasteiger partial charge in [-0.2, -0.15) is 0 Å².